The number of carbonyl (C=O) groups is 1. The van der Waals surface area contributed by atoms with Crippen molar-refractivity contribution in [2.75, 3.05) is 43.9 Å². The summed E-state index contributed by atoms with van der Waals surface area (Å²) in [7, 11) is -3.14. The molecular formula is C19H29N3O3S. The zero-order chi connectivity index (χ0) is 18.6. The Morgan fingerprint density at radius 3 is 2.65 bits per heavy atom. The Morgan fingerprint density at radius 2 is 1.92 bits per heavy atom. The summed E-state index contributed by atoms with van der Waals surface area (Å²) in [6.07, 6.45) is 5.70. The molecule has 1 aromatic carbocycles. The van der Waals surface area contributed by atoms with E-state index in [-0.39, 0.29) is 11.8 Å². The van der Waals surface area contributed by atoms with Gasteiger partial charge in [-0.3, -0.25) is 4.79 Å². The molecule has 0 unspecified atom stereocenters. The molecule has 6 nitrogen and oxygen atoms in total. The molecule has 0 radical (unpaired) electrons. The predicted molar refractivity (Wildman–Crippen MR) is 104 cm³/mol. The monoisotopic (exact) mass is 379 g/mol. The molecule has 0 spiro atoms. The number of nitrogens with one attached hydrogen (secondary N) is 1. The number of nitrogens with zero attached hydrogens (tertiary/aromatic N) is 2. The van der Waals surface area contributed by atoms with E-state index in [1.165, 1.54) is 28.2 Å². The number of benzene rings is 1. The van der Waals surface area contributed by atoms with Crippen LogP contribution in [0.25, 0.3) is 0 Å². The van der Waals surface area contributed by atoms with Gasteiger partial charge in [-0.1, -0.05) is 18.2 Å². The average Bonchev–Trinajstić information content (AvgIpc) is 2.64. The molecule has 1 amide bonds. The molecule has 144 valence electrons. The third kappa shape index (κ3) is 4.76. The fourth-order valence-corrected chi connectivity index (χ4v) is 4.79. The SMILES string of the molecule is CS(=O)(=O)N1CCC(C(=O)NCCCN2CCCc3ccccc32)CC1. The summed E-state index contributed by atoms with van der Waals surface area (Å²) in [5, 5.41) is 3.04. The lowest BCUT2D eigenvalue weighted by Gasteiger charge is -2.31. The molecule has 1 saturated heterocycles. The van der Waals surface area contributed by atoms with Gasteiger partial charge in [0.2, 0.25) is 15.9 Å². The van der Waals surface area contributed by atoms with Gasteiger partial charge in [0.15, 0.2) is 0 Å². The van der Waals surface area contributed by atoms with Crippen molar-refractivity contribution in [2.24, 2.45) is 5.92 Å². The number of piperidine rings is 1. The summed E-state index contributed by atoms with van der Waals surface area (Å²) in [6.45, 7) is 3.59. The second-order valence-electron chi connectivity index (χ2n) is 7.30. The highest BCUT2D eigenvalue weighted by Crippen LogP contribution is 2.26. The maximum Gasteiger partial charge on any atom is 0.223 e. The third-order valence-electron chi connectivity index (χ3n) is 5.40. The van der Waals surface area contributed by atoms with Crippen LogP contribution in [0.1, 0.15) is 31.2 Å². The molecule has 0 bridgehead atoms. The molecule has 2 aliphatic heterocycles. The molecule has 7 heteroatoms. The van der Waals surface area contributed by atoms with Crippen LogP contribution in [-0.2, 0) is 21.2 Å². The van der Waals surface area contributed by atoms with Gasteiger partial charge in [-0.2, -0.15) is 0 Å². The minimum Gasteiger partial charge on any atom is -0.371 e. The number of aryl methyl sites for hydroxylation is 1. The number of carbonyl (C=O) groups excluding carboxylic acids is 1. The average molecular weight is 380 g/mol. The van der Waals surface area contributed by atoms with Gasteiger partial charge in [0.1, 0.15) is 0 Å². The lowest BCUT2D eigenvalue weighted by molar-refractivity contribution is -0.126. The molecule has 0 saturated carbocycles. The smallest absolute Gasteiger partial charge is 0.223 e. The van der Waals surface area contributed by atoms with Gasteiger partial charge in [0.25, 0.3) is 0 Å². The van der Waals surface area contributed by atoms with Gasteiger partial charge >= 0.3 is 0 Å². The molecule has 0 atom stereocenters. The topological polar surface area (TPSA) is 69.7 Å². The minimum atomic E-state index is -3.14. The van der Waals surface area contributed by atoms with Crippen LogP contribution in [-0.4, -0.2) is 57.6 Å². The summed E-state index contributed by atoms with van der Waals surface area (Å²) in [5.41, 5.74) is 2.75. The fraction of sp³-hybridized carbons (Fsp3) is 0.632. The highest BCUT2D eigenvalue weighted by Gasteiger charge is 2.28. The normalized spacial score (nSPS) is 19.2. The molecule has 3 rings (SSSR count). The summed E-state index contributed by atoms with van der Waals surface area (Å²) in [5.74, 6) is 0.000841. The number of para-hydroxylation sites is 1. The van der Waals surface area contributed by atoms with Crippen molar-refractivity contribution in [3.8, 4) is 0 Å². The van der Waals surface area contributed by atoms with E-state index >= 15 is 0 Å². The first kappa shape index (κ1) is 19.2. The summed E-state index contributed by atoms with van der Waals surface area (Å²) in [6, 6.07) is 8.56. The van der Waals surface area contributed by atoms with E-state index in [0.29, 0.717) is 32.5 Å². The maximum absolute atomic E-state index is 12.3. The molecule has 1 N–H and O–H groups in total. The molecule has 1 aromatic rings. The molecular weight excluding hydrogens is 350 g/mol. The van der Waals surface area contributed by atoms with E-state index in [2.05, 4.69) is 34.5 Å². The van der Waals surface area contributed by atoms with E-state index in [1.807, 2.05) is 0 Å². The van der Waals surface area contributed by atoms with Crippen LogP contribution in [0.5, 0.6) is 0 Å². The van der Waals surface area contributed by atoms with Gasteiger partial charge in [0, 0.05) is 44.3 Å². The van der Waals surface area contributed by atoms with Crippen LogP contribution in [0.15, 0.2) is 24.3 Å². The Bertz CT molecular complexity index is 727. The Hall–Kier alpha value is -1.60. The van der Waals surface area contributed by atoms with Crippen LogP contribution in [0, 0.1) is 5.92 Å². The molecule has 0 aromatic heterocycles. The number of rotatable bonds is 6. The van der Waals surface area contributed by atoms with E-state index in [0.717, 1.165) is 25.9 Å². The molecule has 0 aliphatic carbocycles. The fourth-order valence-electron chi connectivity index (χ4n) is 3.92. The molecule has 1 fully saturated rings. The zero-order valence-electron chi connectivity index (χ0n) is 15.5. The Labute approximate surface area is 156 Å². The van der Waals surface area contributed by atoms with Crippen LogP contribution >= 0.6 is 0 Å². The van der Waals surface area contributed by atoms with Crippen LogP contribution in [0.3, 0.4) is 0 Å². The standard InChI is InChI=1S/C19H29N3O3S/c1-26(24,25)22-14-9-17(10-15-22)19(23)20-11-5-13-21-12-4-7-16-6-2-3-8-18(16)21/h2-3,6,8,17H,4-5,7,9-15H2,1H3,(H,20,23). The van der Waals surface area contributed by atoms with E-state index in [4.69, 9.17) is 0 Å². The van der Waals surface area contributed by atoms with Gasteiger partial charge in [0.05, 0.1) is 6.26 Å². The third-order valence-corrected chi connectivity index (χ3v) is 6.71. The molecule has 2 heterocycles. The van der Waals surface area contributed by atoms with Crippen LogP contribution in [0.4, 0.5) is 5.69 Å². The summed E-state index contributed by atoms with van der Waals surface area (Å²) >= 11 is 0. The predicted octanol–water partition coefficient (Wildman–Crippen LogP) is 1.62. The number of hydrogen-bond acceptors (Lipinski definition) is 4. The van der Waals surface area contributed by atoms with Crippen molar-refractivity contribution >= 4 is 21.6 Å². The van der Waals surface area contributed by atoms with Gasteiger partial charge in [-0.15, -0.1) is 0 Å². The van der Waals surface area contributed by atoms with Gasteiger partial charge in [-0.25, -0.2) is 12.7 Å². The van der Waals surface area contributed by atoms with Gasteiger partial charge < -0.3 is 10.2 Å². The van der Waals surface area contributed by atoms with Crippen molar-refractivity contribution in [1.29, 1.82) is 0 Å². The number of amides is 1. The van der Waals surface area contributed by atoms with Crippen molar-refractivity contribution in [3.05, 3.63) is 29.8 Å². The maximum atomic E-state index is 12.3. The van der Waals surface area contributed by atoms with Crippen molar-refractivity contribution in [2.45, 2.75) is 32.1 Å². The number of sulfonamides is 1. The van der Waals surface area contributed by atoms with Crippen LogP contribution in [0.2, 0.25) is 0 Å². The van der Waals surface area contributed by atoms with Gasteiger partial charge in [-0.05, 0) is 43.7 Å². The zero-order valence-corrected chi connectivity index (χ0v) is 16.3. The van der Waals surface area contributed by atoms with E-state index in [9.17, 15) is 13.2 Å². The Kier molecular flexibility index (Phi) is 6.19. The number of hydrogen-bond donors (Lipinski definition) is 1. The minimum absolute atomic E-state index is 0.0660. The van der Waals surface area contributed by atoms with Crippen molar-refractivity contribution < 1.29 is 13.2 Å². The lowest BCUT2D eigenvalue weighted by Crippen LogP contribution is -2.43. The lowest BCUT2D eigenvalue weighted by atomic mass is 9.97. The summed E-state index contributed by atoms with van der Waals surface area (Å²) < 4.78 is 24.5. The Balaban J connectivity index is 1.39. The largest absolute Gasteiger partial charge is 0.371 e. The second-order valence-corrected chi connectivity index (χ2v) is 9.28. The highest BCUT2D eigenvalue weighted by molar-refractivity contribution is 7.88. The summed E-state index contributed by atoms with van der Waals surface area (Å²) in [4.78, 5) is 14.7. The number of fused-ring (bicyclic) bond motifs is 1. The first-order valence-corrected chi connectivity index (χ1v) is 11.4. The second kappa shape index (κ2) is 8.39. The van der Waals surface area contributed by atoms with Crippen molar-refractivity contribution in [3.63, 3.8) is 0 Å². The first-order valence-electron chi connectivity index (χ1n) is 9.51. The molecule has 26 heavy (non-hydrogen) atoms. The van der Waals surface area contributed by atoms with Crippen molar-refractivity contribution in [1.82, 2.24) is 9.62 Å². The highest BCUT2D eigenvalue weighted by atomic mass is 32.2. The Morgan fingerprint density at radius 1 is 1.19 bits per heavy atom. The quantitative estimate of drug-likeness (QED) is 0.763. The first-order chi connectivity index (χ1) is 12.4. The number of anilines is 1. The molecule has 2 aliphatic rings. The van der Waals surface area contributed by atoms with Crippen LogP contribution < -0.4 is 10.2 Å². The van der Waals surface area contributed by atoms with E-state index in [1.54, 1.807) is 0 Å². The van der Waals surface area contributed by atoms with E-state index < -0.39 is 10.0 Å².